The number of aliphatic imine (C=N–C) groups is 1. The number of hydrogen-bond acceptors (Lipinski definition) is 5. The summed E-state index contributed by atoms with van der Waals surface area (Å²) in [5.74, 6) is -0.554. The first-order valence-electron chi connectivity index (χ1n) is 12.3. The number of nitrogens with one attached hydrogen (secondary N) is 2. The normalized spacial score (nSPS) is 12.0. The molecule has 0 saturated carbocycles. The number of aryl methyl sites for hydroxylation is 1. The van der Waals surface area contributed by atoms with Gasteiger partial charge in [-0.05, 0) is 63.1 Å². The number of hydrogen-bond donors (Lipinski definition) is 3. The van der Waals surface area contributed by atoms with E-state index in [0.717, 1.165) is 6.07 Å². The molecule has 0 spiro atoms. The minimum Gasteiger partial charge on any atom is -0.404 e. The second kappa shape index (κ2) is 14.3. The molecular formula is C28H35F5N6. The van der Waals surface area contributed by atoms with Crippen LogP contribution >= 0.6 is 0 Å². The number of allylic oxidation sites excluding steroid dienone is 1. The molecule has 0 amide bonds. The molecule has 0 radical (unpaired) electrons. The largest absolute Gasteiger partial charge is 0.404 e. The number of anilines is 2. The van der Waals surface area contributed by atoms with E-state index in [1.807, 2.05) is 27.7 Å². The minimum atomic E-state index is -2.68. The Bertz CT molecular complexity index is 1280. The van der Waals surface area contributed by atoms with E-state index >= 15 is 0 Å². The molecule has 0 fully saturated rings. The molecule has 0 bridgehead atoms. The number of benzene rings is 2. The lowest BCUT2D eigenvalue weighted by Crippen LogP contribution is -2.11. The number of alkyl halides is 4. The van der Waals surface area contributed by atoms with E-state index in [1.54, 1.807) is 32.4 Å². The van der Waals surface area contributed by atoms with Gasteiger partial charge in [-0.15, -0.1) is 0 Å². The Balaban J connectivity index is 0.000000274. The van der Waals surface area contributed by atoms with Crippen LogP contribution in [0.25, 0.3) is 16.7 Å². The van der Waals surface area contributed by atoms with Crippen molar-refractivity contribution in [2.75, 3.05) is 17.7 Å². The summed E-state index contributed by atoms with van der Waals surface area (Å²) in [6.07, 6.45) is 0.523. The van der Waals surface area contributed by atoms with Crippen LogP contribution in [0.4, 0.5) is 33.3 Å². The zero-order valence-corrected chi connectivity index (χ0v) is 22.8. The third-order valence-corrected chi connectivity index (χ3v) is 5.34. The summed E-state index contributed by atoms with van der Waals surface area (Å²) < 4.78 is 68.2. The van der Waals surface area contributed by atoms with Gasteiger partial charge in [0.25, 0.3) is 12.9 Å². The maximum Gasteiger partial charge on any atom is 0.264 e. The maximum absolute atomic E-state index is 14.0. The van der Waals surface area contributed by atoms with Crippen LogP contribution in [0, 0.1) is 5.82 Å². The molecule has 212 valence electrons. The van der Waals surface area contributed by atoms with Crippen LogP contribution in [0.15, 0.2) is 53.9 Å². The number of aromatic nitrogens is 2. The summed E-state index contributed by atoms with van der Waals surface area (Å²) >= 11 is 0. The van der Waals surface area contributed by atoms with E-state index in [1.165, 1.54) is 35.4 Å². The highest BCUT2D eigenvalue weighted by molar-refractivity contribution is 6.10. The lowest BCUT2D eigenvalue weighted by Gasteiger charge is -2.15. The van der Waals surface area contributed by atoms with Crippen molar-refractivity contribution in [2.45, 2.75) is 52.6 Å². The van der Waals surface area contributed by atoms with Crippen molar-refractivity contribution in [3.63, 3.8) is 0 Å². The molecule has 0 atom stereocenters. The molecular weight excluding hydrogens is 515 g/mol. The Morgan fingerprint density at radius 2 is 1.62 bits per heavy atom. The molecule has 3 aromatic rings. The van der Waals surface area contributed by atoms with Gasteiger partial charge < -0.3 is 16.4 Å². The quantitative estimate of drug-likeness (QED) is 0.191. The second-order valence-electron chi connectivity index (χ2n) is 9.33. The van der Waals surface area contributed by atoms with Crippen LogP contribution < -0.4 is 16.4 Å². The van der Waals surface area contributed by atoms with Crippen LogP contribution in [-0.4, -0.2) is 35.1 Å². The molecule has 0 saturated heterocycles. The fraction of sp³-hybridized carbons (Fsp3) is 0.357. The van der Waals surface area contributed by atoms with Gasteiger partial charge in [0.15, 0.2) is 0 Å². The van der Waals surface area contributed by atoms with Crippen molar-refractivity contribution in [3.05, 3.63) is 71.4 Å². The molecule has 2 aromatic carbocycles. The molecule has 4 N–H and O–H groups in total. The highest BCUT2D eigenvalue weighted by Crippen LogP contribution is 2.35. The lowest BCUT2D eigenvalue weighted by molar-refractivity contribution is 0.151. The van der Waals surface area contributed by atoms with Crippen LogP contribution in [0.3, 0.4) is 0 Å². The summed E-state index contributed by atoms with van der Waals surface area (Å²) in [4.78, 5) is 3.82. The molecule has 11 heteroatoms. The van der Waals surface area contributed by atoms with E-state index in [2.05, 4.69) is 20.7 Å². The van der Waals surface area contributed by atoms with Gasteiger partial charge in [-0.1, -0.05) is 6.07 Å². The fourth-order valence-corrected chi connectivity index (χ4v) is 3.77. The van der Waals surface area contributed by atoms with Crippen molar-refractivity contribution in [1.29, 1.82) is 0 Å². The van der Waals surface area contributed by atoms with Crippen molar-refractivity contribution >= 4 is 23.2 Å². The molecule has 0 unspecified atom stereocenters. The SMILES string of the molecule is CC(C)Nc1cc(C(F)F)c(-c2cnn(C)c2)cc1F.CN=C/C(=C\N)c1ccc(NC(C)C)cc1C(F)F. The monoisotopic (exact) mass is 550 g/mol. The summed E-state index contributed by atoms with van der Waals surface area (Å²) in [6, 6.07) is 7.27. The van der Waals surface area contributed by atoms with Gasteiger partial charge in [-0.2, -0.15) is 5.10 Å². The standard InChI is InChI=1S/C14H16F3N3.C14H19F2N3/c1-8(2)19-13-5-11(14(16)17)10(4-12(13)15)9-6-18-20(3)7-9;1-9(2)19-11-4-5-12(10(7-17)8-18-3)13(6-11)14(15)16/h4-8,14,19H,1-3H3;4-9,14,19H,17H2,1-3H3/b;10-7+,18-8?. The van der Waals surface area contributed by atoms with E-state index < -0.39 is 18.7 Å². The van der Waals surface area contributed by atoms with Gasteiger partial charge in [-0.3, -0.25) is 9.67 Å². The van der Waals surface area contributed by atoms with Crippen molar-refractivity contribution < 1.29 is 22.0 Å². The lowest BCUT2D eigenvalue weighted by atomic mass is 10.00. The Morgan fingerprint density at radius 3 is 2.10 bits per heavy atom. The van der Waals surface area contributed by atoms with Gasteiger partial charge in [0, 0.05) is 72.7 Å². The summed E-state index contributed by atoms with van der Waals surface area (Å²) in [5.41, 5.74) is 7.47. The second-order valence-corrected chi connectivity index (χ2v) is 9.33. The highest BCUT2D eigenvalue weighted by Gasteiger charge is 2.19. The molecule has 6 nitrogen and oxygen atoms in total. The van der Waals surface area contributed by atoms with Crippen LogP contribution in [-0.2, 0) is 7.05 Å². The highest BCUT2D eigenvalue weighted by atomic mass is 19.3. The van der Waals surface area contributed by atoms with Crippen LogP contribution in [0.5, 0.6) is 0 Å². The van der Waals surface area contributed by atoms with Crippen molar-refractivity contribution in [2.24, 2.45) is 17.8 Å². The summed E-state index contributed by atoms with van der Waals surface area (Å²) in [7, 11) is 3.25. The zero-order chi connectivity index (χ0) is 29.3. The van der Waals surface area contributed by atoms with Crippen molar-refractivity contribution in [3.8, 4) is 11.1 Å². The molecule has 3 rings (SSSR count). The first-order valence-corrected chi connectivity index (χ1v) is 12.3. The summed E-state index contributed by atoms with van der Waals surface area (Å²) in [6.45, 7) is 7.53. The molecule has 39 heavy (non-hydrogen) atoms. The predicted octanol–water partition coefficient (Wildman–Crippen LogP) is 7.43. The smallest absolute Gasteiger partial charge is 0.264 e. The van der Waals surface area contributed by atoms with E-state index in [9.17, 15) is 22.0 Å². The third kappa shape index (κ3) is 8.83. The van der Waals surface area contributed by atoms with E-state index in [0.29, 0.717) is 22.4 Å². The first-order chi connectivity index (χ1) is 18.4. The molecule has 0 aliphatic heterocycles. The molecule has 1 heterocycles. The van der Waals surface area contributed by atoms with Gasteiger partial charge in [-0.25, -0.2) is 22.0 Å². The van der Waals surface area contributed by atoms with Gasteiger partial charge in [0.05, 0.1) is 11.9 Å². The Morgan fingerprint density at radius 1 is 0.974 bits per heavy atom. The fourth-order valence-electron chi connectivity index (χ4n) is 3.77. The van der Waals surface area contributed by atoms with Gasteiger partial charge in [0.2, 0.25) is 0 Å². The van der Waals surface area contributed by atoms with E-state index in [4.69, 9.17) is 5.73 Å². The van der Waals surface area contributed by atoms with Gasteiger partial charge >= 0.3 is 0 Å². The van der Waals surface area contributed by atoms with Crippen LogP contribution in [0.1, 0.15) is 57.2 Å². The van der Waals surface area contributed by atoms with Crippen LogP contribution in [0.2, 0.25) is 0 Å². The number of nitrogens with zero attached hydrogens (tertiary/aromatic N) is 3. The predicted molar refractivity (Wildman–Crippen MR) is 149 cm³/mol. The maximum atomic E-state index is 14.0. The first kappa shape index (κ1) is 31.3. The zero-order valence-electron chi connectivity index (χ0n) is 22.8. The Labute approximate surface area is 225 Å². The third-order valence-electron chi connectivity index (χ3n) is 5.34. The van der Waals surface area contributed by atoms with Gasteiger partial charge in [0.1, 0.15) is 5.82 Å². The topological polar surface area (TPSA) is 80.3 Å². The molecule has 0 aliphatic rings. The van der Waals surface area contributed by atoms with Crippen molar-refractivity contribution in [1.82, 2.24) is 9.78 Å². The average Bonchev–Trinajstić information content (AvgIpc) is 3.29. The Hall–Kier alpha value is -3.89. The summed E-state index contributed by atoms with van der Waals surface area (Å²) in [5, 5.41) is 9.85. The minimum absolute atomic E-state index is 0.0423. The number of rotatable bonds is 9. The molecule has 1 aromatic heterocycles. The number of nitrogens with two attached hydrogens (primary N) is 1. The molecule has 0 aliphatic carbocycles. The van der Waals surface area contributed by atoms with E-state index in [-0.39, 0.29) is 34.5 Å². The average molecular weight is 551 g/mol. The Kier molecular flexibility index (Phi) is 11.5. The number of halogens is 5.